The number of aliphatic hydroxyl groups excluding tert-OH is 1. The Morgan fingerprint density at radius 2 is 1.64 bits per heavy atom. The molecule has 15 nitrogen and oxygen atoms in total. The highest BCUT2D eigenvalue weighted by molar-refractivity contribution is 7.69. The molecule has 1 aromatic heterocycles. The van der Waals surface area contributed by atoms with E-state index in [9.17, 15) is 38.4 Å². The van der Waals surface area contributed by atoms with Crippen molar-refractivity contribution in [1.82, 2.24) is 9.55 Å². The molecule has 0 amide bonds. The molecule has 0 aliphatic carbocycles. The van der Waals surface area contributed by atoms with Crippen molar-refractivity contribution in [1.29, 1.82) is 0 Å². The topological polar surface area (TPSA) is 213 Å². The number of nitrogens with zero attached hydrogens (tertiary/aromatic N) is 1. The molecule has 1 aliphatic rings. The zero-order valence-corrected chi connectivity index (χ0v) is 21.5. The Bertz CT molecular complexity index is 1510. The molecule has 39 heavy (non-hydrogen) atoms. The van der Waals surface area contributed by atoms with Gasteiger partial charge in [0.15, 0.2) is 12.3 Å². The van der Waals surface area contributed by atoms with Gasteiger partial charge in [0.2, 0.25) is 0 Å². The summed E-state index contributed by atoms with van der Waals surface area (Å²) >= 11 is 0. The molecular formula is C22H22N2O13P2. The number of nitrogens with one attached hydrogen (secondary N) is 1. The molecule has 0 spiro atoms. The number of hydrogen-bond donors (Lipinski definition) is 4. The molecule has 4 rings (SSSR count). The van der Waals surface area contributed by atoms with Crippen LogP contribution in [0.5, 0.6) is 5.75 Å². The molecule has 208 valence electrons. The summed E-state index contributed by atoms with van der Waals surface area (Å²) in [4.78, 5) is 58.3. The number of phosphoric acid groups is 1. The molecule has 0 bridgehead atoms. The summed E-state index contributed by atoms with van der Waals surface area (Å²) < 4.78 is 50.7. The molecule has 4 N–H and O–H groups in total. The van der Waals surface area contributed by atoms with Crippen LogP contribution in [0.4, 0.5) is 4.79 Å². The minimum atomic E-state index is -5.21. The van der Waals surface area contributed by atoms with Crippen molar-refractivity contribution in [3.63, 3.8) is 0 Å². The van der Waals surface area contributed by atoms with E-state index in [1.807, 2.05) is 4.98 Å². The fourth-order valence-electron chi connectivity index (χ4n) is 3.55. The number of H-pyrrole nitrogens is 1. The van der Waals surface area contributed by atoms with Crippen molar-refractivity contribution < 1.29 is 51.9 Å². The Hall–Kier alpha value is -3.39. The van der Waals surface area contributed by atoms with Crippen LogP contribution in [0.15, 0.2) is 82.5 Å². The van der Waals surface area contributed by atoms with Gasteiger partial charge in [0.05, 0.1) is 11.9 Å². The molecule has 2 aromatic carbocycles. The number of hydrogen-bond acceptors (Lipinski definition) is 11. The lowest BCUT2D eigenvalue weighted by molar-refractivity contribution is -0.0603. The van der Waals surface area contributed by atoms with E-state index in [-0.39, 0.29) is 11.1 Å². The van der Waals surface area contributed by atoms with Crippen LogP contribution in [-0.2, 0) is 27.4 Å². The summed E-state index contributed by atoms with van der Waals surface area (Å²) in [6.07, 6.45) is -6.74. The highest BCUT2D eigenvalue weighted by Crippen LogP contribution is 2.59. The highest BCUT2D eigenvalue weighted by Gasteiger charge is 2.49. The van der Waals surface area contributed by atoms with E-state index in [1.165, 1.54) is 36.4 Å². The van der Waals surface area contributed by atoms with E-state index in [1.54, 1.807) is 24.3 Å². The third kappa shape index (κ3) is 7.18. The van der Waals surface area contributed by atoms with Gasteiger partial charge in [-0.25, -0.2) is 18.5 Å². The van der Waals surface area contributed by atoms with E-state index in [2.05, 4.69) is 4.31 Å². The molecule has 0 radical (unpaired) electrons. The molecule has 17 heteroatoms. The van der Waals surface area contributed by atoms with Crippen LogP contribution in [0.2, 0.25) is 0 Å². The lowest BCUT2D eigenvalue weighted by Crippen LogP contribution is -2.41. The standard InChI is InChI=1S/C22H22N2O13P2/c25-17-11-12-24(21(27)23-17)20-19(36-22(28)34-14-7-3-1-4-8-14)18(26)16(35-20)13-33-39(31,32)37-38(29,30)15-9-5-2-6-10-15/h1-12,16,18-20,26H,13H2,(H,29,30)(H,31,32)(H,23,25,27). The van der Waals surface area contributed by atoms with E-state index in [4.69, 9.17) is 18.7 Å². The van der Waals surface area contributed by atoms with Gasteiger partial charge in [-0.3, -0.25) is 23.4 Å². The maximum absolute atomic E-state index is 12.4. The number of aromatic nitrogens is 2. The van der Waals surface area contributed by atoms with Gasteiger partial charge in [-0.2, -0.15) is 0 Å². The molecule has 1 aliphatic heterocycles. The molecule has 6 atom stereocenters. The Labute approximate surface area is 219 Å². The van der Waals surface area contributed by atoms with Crippen LogP contribution in [0.1, 0.15) is 6.23 Å². The lowest BCUT2D eigenvalue weighted by Gasteiger charge is -2.21. The van der Waals surface area contributed by atoms with E-state index in [0.29, 0.717) is 0 Å². The van der Waals surface area contributed by atoms with Crippen molar-refractivity contribution in [3.05, 3.63) is 93.8 Å². The summed E-state index contributed by atoms with van der Waals surface area (Å²) in [5.41, 5.74) is -1.72. The van der Waals surface area contributed by atoms with E-state index >= 15 is 0 Å². The number of carbonyl (C=O) groups excluding carboxylic acids is 1. The molecule has 2 heterocycles. The average molecular weight is 584 g/mol. The Morgan fingerprint density at radius 3 is 2.28 bits per heavy atom. The van der Waals surface area contributed by atoms with Crippen molar-refractivity contribution >= 4 is 26.9 Å². The van der Waals surface area contributed by atoms with Gasteiger partial charge < -0.3 is 29.1 Å². The molecular weight excluding hydrogens is 562 g/mol. The number of benzene rings is 2. The molecule has 6 unspecified atom stereocenters. The monoisotopic (exact) mass is 584 g/mol. The zero-order chi connectivity index (χ0) is 28.2. The smallest absolute Gasteiger partial charge is 0.423 e. The zero-order valence-electron chi connectivity index (χ0n) is 19.7. The predicted octanol–water partition coefficient (Wildman–Crippen LogP) is 1.02. The van der Waals surface area contributed by atoms with Crippen molar-refractivity contribution in [2.75, 3.05) is 6.61 Å². The second kappa shape index (κ2) is 11.8. The summed E-state index contributed by atoms with van der Waals surface area (Å²) in [5, 5.41) is 10.5. The van der Waals surface area contributed by atoms with Gasteiger partial charge in [0.1, 0.15) is 18.0 Å². The fourth-order valence-corrected chi connectivity index (χ4v) is 6.12. The largest absolute Gasteiger partial charge is 0.514 e. The number of phosphoric ester groups is 1. The van der Waals surface area contributed by atoms with E-state index in [0.717, 1.165) is 16.8 Å². The molecule has 1 saturated heterocycles. The third-order valence-electron chi connectivity index (χ3n) is 5.31. The first-order chi connectivity index (χ1) is 18.4. The third-order valence-corrected chi connectivity index (χ3v) is 8.45. The SMILES string of the molecule is O=C(Oc1ccccc1)OC1C(O)C(COP(=O)(O)OP(=O)(O)c2ccccc2)OC1n1ccc(=O)[nH]c1=O. The van der Waals surface area contributed by atoms with Crippen LogP contribution >= 0.6 is 15.4 Å². The predicted molar refractivity (Wildman–Crippen MR) is 131 cm³/mol. The van der Waals surface area contributed by atoms with Gasteiger partial charge >= 0.3 is 27.3 Å². The van der Waals surface area contributed by atoms with Crippen molar-refractivity contribution in [2.45, 2.75) is 24.5 Å². The number of para-hydroxylation sites is 1. The maximum Gasteiger partial charge on any atom is 0.514 e. The Morgan fingerprint density at radius 1 is 1.00 bits per heavy atom. The molecule has 0 saturated carbocycles. The average Bonchev–Trinajstić information content (AvgIpc) is 3.18. The minimum Gasteiger partial charge on any atom is -0.423 e. The fraction of sp³-hybridized carbons (Fsp3) is 0.227. The van der Waals surface area contributed by atoms with Crippen LogP contribution in [0.3, 0.4) is 0 Å². The van der Waals surface area contributed by atoms with E-state index < -0.39 is 64.0 Å². The number of aromatic amines is 1. The summed E-state index contributed by atoms with van der Waals surface area (Å²) in [6, 6.07) is 15.5. The first-order valence-corrected chi connectivity index (χ1v) is 14.2. The first-order valence-electron chi connectivity index (χ1n) is 11.1. The minimum absolute atomic E-state index is 0.110. The van der Waals surface area contributed by atoms with Gasteiger partial charge in [-0.1, -0.05) is 36.4 Å². The summed E-state index contributed by atoms with van der Waals surface area (Å²) in [5.74, 6) is 0.110. The summed E-state index contributed by atoms with van der Waals surface area (Å²) in [7, 11) is -10.00. The Kier molecular flexibility index (Phi) is 8.64. The van der Waals surface area contributed by atoms with Crippen LogP contribution in [0, 0.1) is 0 Å². The normalized spacial score (nSPS) is 23.9. The number of carbonyl (C=O) groups is 1. The van der Waals surface area contributed by atoms with Gasteiger partial charge in [0.25, 0.3) is 5.56 Å². The quantitative estimate of drug-likeness (QED) is 0.157. The number of aliphatic hydroxyl groups is 1. The highest BCUT2D eigenvalue weighted by atomic mass is 31.3. The number of ether oxygens (including phenoxy) is 3. The van der Waals surface area contributed by atoms with Crippen molar-refractivity contribution in [3.8, 4) is 5.75 Å². The van der Waals surface area contributed by atoms with Crippen LogP contribution in [-0.4, -0.2) is 55.5 Å². The maximum atomic E-state index is 12.4. The van der Waals surface area contributed by atoms with Crippen LogP contribution in [0.25, 0.3) is 0 Å². The molecule has 3 aromatic rings. The Balaban J connectivity index is 1.50. The number of rotatable bonds is 9. The second-order valence-electron chi connectivity index (χ2n) is 8.02. The van der Waals surface area contributed by atoms with Gasteiger partial charge in [-0.15, -0.1) is 0 Å². The van der Waals surface area contributed by atoms with Gasteiger partial charge in [-0.05, 0) is 24.3 Å². The van der Waals surface area contributed by atoms with Crippen molar-refractivity contribution in [2.24, 2.45) is 0 Å². The van der Waals surface area contributed by atoms with Crippen LogP contribution < -0.4 is 21.3 Å². The first kappa shape index (κ1) is 28.6. The molecule has 1 fully saturated rings. The summed E-state index contributed by atoms with van der Waals surface area (Å²) in [6.45, 7) is -0.911. The second-order valence-corrected chi connectivity index (χ2v) is 11.4. The lowest BCUT2D eigenvalue weighted by atomic mass is 10.1. The van der Waals surface area contributed by atoms with Gasteiger partial charge in [0, 0.05) is 12.3 Å².